The van der Waals surface area contributed by atoms with Crippen molar-refractivity contribution in [2.45, 2.75) is 85.2 Å². The molecule has 0 aliphatic carbocycles. The number of nitrogens with zero attached hydrogens (tertiary/aromatic N) is 13. The van der Waals surface area contributed by atoms with Gasteiger partial charge in [0.25, 0.3) is 0 Å². The average Bonchev–Trinajstić information content (AvgIpc) is 3.92. The summed E-state index contributed by atoms with van der Waals surface area (Å²) in [7, 11) is 3.55. The first-order chi connectivity index (χ1) is 31.5. The molecule has 3 amide bonds. The number of amides is 3. The van der Waals surface area contributed by atoms with E-state index in [1.54, 1.807) is 85.7 Å². The Labute approximate surface area is 378 Å². The van der Waals surface area contributed by atoms with Crippen LogP contribution in [0.4, 0.5) is 61.2 Å². The molecule has 0 bridgehead atoms. The largest absolute Gasteiger partial charge is 0.433 e. The van der Waals surface area contributed by atoms with Crippen molar-refractivity contribution >= 4 is 52.6 Å². The molecule has 0 saturated carbocycles. The van der Waals surface area contributed by atoms with Gasteiger partial charge < -0.3 is 25.8 Å². The molecule has 25 heteroatoms. The second-order valence-corrected chi connectivity index (χ2v) is 15.8. The third kappa shape index (κ3) is 10.7. The van der Waals surface area contributed by atoms with Crippen LogP contribution in [0.3, 0.4) is 0 Å². The summed E-state index contributed by atoms with van der Waals surface area (Å²) in [6.45, 7) is 9.49. The second-order valence-electron chi connectivity index (χ2n) is 15.8. The second kappa shape index (κ2) is 18.6. The molecule has 2 atom stereocenters. The Hall–Kier alpha value is -7.73. The molecule has 19 nitrogen and oxygen atoms in total. The SMILES string of the molecule is CC(=O)N(Cc1cnn(Cc2ccc(C(F)(F)F)nc2)c1)c1nc(C)c2c(n1)N(C)[C@@H](C)C(=O)N2.Cc1nc(NCc2cnn(Cc3ccc(C(F)(F)F)nc3)c2)nc2c1NC(=O)[C@H](C)N2C. The Kier molecular flexibility index (Phi) is 13.1. The monoisotopic (exact) mass is 934 g/mol. The number of rotatable bonds is 10. The van der Waals surface area contributed by atoms with Gasteiger partial charge in [-0.15, -0.1) is 0 Å². The Morgan fingerprint density at radius 2 is 1.16 bits per heavy atom. The summed E-state index contributed by atoms with van der Waals surface area (Å²) in [5, 5.41) is 17.3. The zero-order valence-electron chi connectivity index (χ0n) is 37.1. The smallest absolute Gasteiger partial charge is 0.350 e. The summed E-state index contributed by atoms with van der Waals surface area (Å²) >= 11 is 0. The molecule has 6 aromatic rings. The highest BCUT2D eigenvalue weighted by Gasteiger charge is 2.34. The van der Waals surface area contributed by atoms with Gasteiger partial charge in [-0.1, -0.05) is 12.1 Å². The fourth-order valence-electron chi connectivity index (χ4n) is 6.87. The van der Waals surface area contributed by atoms with Crippen LogP contribution in [0, 0.1) is 13.8 Å². The van der Waals surface area contributed by atoms with Crippen LogP contribution >= 0.6 is 0 Å². The average molecular weight is 935 g/mol. The zero-order chi connectivity index (χ0) is 48.5. The molecular weight excluding hydrogens is 891 g/mol. The number of nitrogens with one attached hydrogen (secondary N) is 3. The highest BCUT2D eigenvalue weighted by Crippen LogP contribution is 2.35. The molecule has 8 heterocycles. The molecule has 0 unspecified atom stereocenters. The lowest BCUT2D eigenvalue weighted by Crippen LogP contribution is -2.45. The summed E-state index contributed by atoms with van der Waals surface area (Å²) in [5.74, 6) is 1.18. The predicted molar refractivity (Wildman–Crippen MR) is 232 cm³/mol. The predicted octanol–water partition coefficient (Wildman–Crippen LogP) is 5.61. The number of carbonyl (C=O) groups excluding carboxylic acids is 3. The molecule has 8 rings (SSSR count). The van der Waals surface area contributed by atoms with Crippen LogP contribution in [0.5, 0.6) is 0 Å². The number of halogens is 6. The highest BCUT2D eigenvalue weighted by atomic mass is 19.4. The molecular formula is C42H44F6N16O3. The lowest BCUT2D eigenvalue weighted by Gasteiger charge is -2.33. The van der Waals surface area contributed by atoms with E-state index in [2.05, 4.69) is 56.1 Å². The molecule has 0 aromatic carbocycles. The van der Waals surface area contributed by atoms with Crippen LogP contribution in [0.25, 0.3) is 0 Å². The van der Waals surface area contributed by atoms with Gasteiger partial charge in [0.05, 0.1) is 43.4 Å². The fraction of sp³-hybridized carbons (Fsp3) is 0.357. The van der Waals surface area contributed by atoms with Crippen LogP contribution < -0.4 is 30.7 Å². The van der Waals surface area contributed by atoms with E-state index in [4.69, 9.17) is 0 Å². The Bertz CT molecular complexity index is 2790. The minimum absolute atomic E-state index is 0.108. The van der Waals surface area contributed by atoms with Crippen LogP contribution in [-0.4, -0.2) is 93.4 Å². The lowest BCUT2D eigenvalue weighted by atomic mass is 10.2. The Morgan fingerprint density at radius 1 is 0.687 bits per heavy atom. The maximum absolute atomic E-state index is 12.7. The van der Waals surface area contributed by atoms with Crippen molar-refractivity contribution in [1.82, 2.24) is 49.5 Å². The van der Waals surface area contributed by atoms with Crippen LogP contribution in [0.15, 0.2) is 61.4 Å². The maximum atomic E-state index is 12.7. The summed E-state index contributed by atoms with van der Waals surface area (Å²) < 4.78 is 79.2. The van der Waals surface area contributed by atoms with Gasteiger partial charge >= 0.3 is 12.4 Å². The number of carbonyl (C=O) groups is 3. The van der Waals surface area contributed by atoms with Gasteiger partial charge in [0.1, 0.15) is 34.8 Å². The van der Waals surface area contributed by atoms with E-state index in [0.29, 0.717) is 70.1 Å². The number of aryl methyl sites for hydroxylation is 2. The van der Waals surface area contributed by atoms with E-state index in [0.717, 1.165) is 23.9 Å². The van der Waals surface area contributed by atoms with Crippen molar-refractivity contribution in [2.24, 2.45) is 0 Å². The van der Waals surface area contributed by atoms with Gasteiger partial charge in [-0.2, -0.15) is 46.5 Å². The summed E-state index contributed by atoms with van der Waals surface area (Å²) in [6, 6.07) is 3.83. The number of hydrogen-bond donors (Lipinski definition) is 3. The summed E-state index contributed by atoms with van der Waals surface area (Å²) in [4.78, 5) is 66.4. The number of pyridine rings is 2. The van der Waals surface area contributed by atoms with Crippen molar-refractivity contribution in [3.8, 4) is 0 Å². The van der Waals surface area contributed by atoms with Gasteiger partial charge in [0, 0.05) is 63.5 Å². The van der Waals surface area contributed by atoms with E-state index in [1.165, 1.54) is 30.2 Å². The fourth-order valence-corrected chi connectivity index (χ4v) is 6.87. The molecule has 0 saturated heterocycles. The zero-order valence-corrected chi connectivity index (χ0v) is 37.1. The quantitative estimate of drug-likeness (QED) is 0.143. The number of anilines is 6. The van der Waals surface area contributed by atoms with E-state index >= 15 is 0 Å². The minimum atomic E-state index is -4.50. The van der Waals surface area contributed by atoms with Crippen LogP contribution in [0.2, 0.25) is 0 Å². The standard InChI is InChI=1S/C22H23F3N8O2.C20H21F3N8O/c1-12-18-19(31(4)13(2)20(35)29-18)30-21(28-12)33(14(3)34)11-16-8-27-32(10-16)9-15-5-6-17(26-7-15)22(23,24)25;1-11-16-17(30(3)12(2)18(32)28-16)29-19(27-11)25-7-14-8-26-31(10-14)9-13-4-5-15(24-6-13)20(21,22)23/h5-8,10,13H,9,11H2,1-4H3,(H,29,35);4-6,8,10,12H,7,9H2,1-3H3,(H,28,32)(H,25,27,29)/t13-;12-/m00/s1. The summed E-state index contributed by atoms with van der Waals surface area (Å²) in [6.07, 6.45) is 0.0885. The van der Waals surface area contributed by atoms with Gasteiger partial charge in [0.2, 0.25) is 29.6 Å². The number of aromatic nitrogens is 10. The third-order valence-electron chi connectivity index (χ3n) is 10.9. The van der Waals surface area contributed by atoms with Crippen molar-refractivity contribution < 1.29 is 40.7 Å². The van der Waals surface area contributed by atoms with E-state index in [1.807, 2.05) is 0 Å². The molecule has 0 spiro atoms. The molecule has 2 aliphatic rings. The first-order valence-electron chi connectivity index (χ1n) is 20.5. The number of alkyl halides is 6. The highest BCUT2D eigenvalue weighted by molar-refractivity contribution is 6.04. The first kappa shape index (κ1) is 47.2. The number of likely N-dealkylation sites (N-methyl/N-ethyl adjacent to an activating group) is 2. The van der Waals surface area contributed by atoms with Gasteiger partial charge in [-0.3, -0.25) is 38.6 Å². The molecule has 6 aromatic heterocycles. The first-order valence-corrected chi connectivity index (χ1v) is 20.5. The summed E-state index contributed by atoms with van der Waals surface area (Å²) in [5.41, 5.74) is 3.06. The number of hydrogen-bond acceptors (Lipinski definition) is 14. The normalized spacial score (nSPS) is 15.8. The van der Waals surface area contributed by atoms with Crippen LogP contribution in [0.1, 0.15) is 65.8 Å². The third-order valence-corrected chi connectivity index (χ3v) is 10.9. The minimum Gasteiger partial charge on any atom is -0.350 e. The van der Waals surface area contributed by atoms with E-state index in [9.17, 15) is 40.7 Å². The van der Waals surface area contributed by atoms with Crippen LogP contribution in [-0.2, 0) is 52.9 Å². The van der Waals surface area contributed by atoms with E-state index < -0.39 is 29.8 Å². The maximum Gasteiger partial charge on any atom is 0.433 e. The van der Waals surface area contributed by atoms with Crippen molar-refractivity contribution in [3.63, 3.8) is 0 Å². The van der Waals surface area contributed by atoms with Crippen molar-refractivity contribution in [3.05, 3.63) is 106 Å². The lowest BCUT2D eigenvalue weighted by molar-refractivity contribution is -0.142. The molecule has 0 radical (unpaired) electrons. The van der Waals surface area contributed by atoms with E-state index in [-0.39, 0.29) is 42.8 Å². The molecule has 3 N–H and O–H groups in total. The Balaban J connectivity index is 0.000000200. The number of fused-ring (bicyclic) bond motifs is 2. The molecule has 67 heavy (non-hydrogen) atoms. The van der Waals surface area contributed by atoms with Crippen molar-refractivity contribution in [1.29, 1.82) is 0 Å². The van der Waals surface area contributed by atoms with Gasteiger partial charge in [-0.05, 0) is 51.0 Å². The Morgan fingerprint density at radius 3 is 1.64 bits per heavy atom. The van der Waals surface area contributed by atoms with Gasteiger partial charge in [-0.25, -0.2) is 9.97 Å². The topological polar surface area (TPSA) is 210 Å². The molecule has 2 aliphatic heterocycles. The van der Waals surface area contributed by atoms with Gasteiger partial charge in [0.15, 0.2) is 11.6 Å². The molecule has 352 valence electrons. The van der Waals surface area contributed by atoms with Crippen molar-refractivity contribution in [2.75, 3.05) is 44.7 Å². The molecule has 0 fully saturated rings.